The van der Waals surface area contributed by atoms with Gasteiger partial charge in [0.1, 0.15) is 0 Å². The summed E-state index contributed by atoms with van der Waals surface area (Å²) in [5, 5.41) is 3.37. The Bertz CT molecular complexity index is 588. The highest BCUT2D eigenvalue weighted by Gasteiger charge is 2.33. The molecule has 3 N–H and O–H groups in total. The van der Waals surface area contributed by atoms with Gasteiger partial charge in [-0.2, -0.15) is 18.3 Å². The van der Waals surface area contributed by atoms with E-state index in [-0.39, 0.29) is 12.3 Å². The Morgan fingerprint density at radius 3 is 2.79 bits per heavy atom. The standard InChI is InChI=1S/C10H9F3N4O2/c11-10(12,13)7-1-3-17(16-7)5-6-2-4-19-8(6)9(18)15-14/h1-4H,5,14H2,(H,15,18). The van der Waals surface area contributed by atoms with E-state index in [1.165, 1.54) is 18.5 Å². The molecule has 102 valence electrons. The van der Waals surface area contributed by atoms with E-state index in [2.05, 4.69) is 5.10 Å². The van der Waals surface area contributed by atoms with Gasteiger partial charge >= 0.3 is 12.1 Å². The molecule has 2 aromatic heterocycles. The highest BCUT2D eigenvalue weighted by Crippen LogP contribution is 2.27. The number of carbonyl (C=O) groups excluding carboxylic acids is 1. The predicted octanol–water partition coefficient (Wildman–Crippen LogP) is 1.15. The minimum Gasteiger partial charge on any atom is -0.459 e. The van der Waals surface area contributed by atoms with Crippen molar-refractivity contribution in [1.82, 2.24) is 15.2 Å². The summed E-state index contributed by atoms with van der Waals surface area (Å²) in [6.07, 6.45) is -2.09. The molecule has 1 amide bonds. The Hall–Kier alpha value is -2.29. The predicted molar refractivity (Wildman–Crippen MR) is 56.7 cm³/mol. The number of nitrogens with zero attached hydrogens (tertiary/aromatic N) is 2. The van der Waals surface area contributed by atoms with Crippen LogP contribution in [0.2, 0.25) is 0 Å². The van der Waals surface area contributed by atoms with Gasteiger partial charge in [0, 0.05) is 11.8 Å². The summed E-state index contributed by atoms with van der Waals surface area (Å²) in [5.74, 6) is 4.23. The van der Waals surface area contributed by atoms with Crippen LogP contribution in [0.15, 0.2) is 29.0 Å². The molecule has 2 aromatic rings. The topological polar surface area (TPSA) is 86.1 Å². The second-order valence-electron chi connectivity index (χ2n) is 3.64. The molecule has 0 radical (unpaired) electrons. The van der Waals surface area contributed by atoms with Crippen LogP contribution in [0.4, 0.5) is 13.2 Å². The van der Waals surface area contributed by atoms with Crippen molar-refractivity contribution in [3.8, 4) is 0 Å². The fourth-order valence-corrected chi connectivity index (χ4v) is 1.50. The molecule has 0 saturated carbocycles. The highest BCUT2D eigenvalue weighted by molar-refractivity contribution is 5.92. The van der Waals surface area contributed by atoms with Gasteiger partial charge in [-0.3, -0.25) is 14.9 Å². The van der Waals surface area contributed by atoms with Crippen LogP contribution in [-0.4, -0.2) is 15.7 Å². The lowest BCUT2D eigenvalue weighted by Crippen LogP contribution is -2.30. The number of halogens is 3. The van der Waals surface area contributed by atoms with E-state index >= 15 is 0 Å². The number of hydrogen-bond acceptors (Lipinski definition) is 4. The van der Waals surface area contributed by atoms with E-state index in [1.54, 1.807) is 0 Å². The summed E-state index contributed by atoms with van der Waals surface area (Å²) in [6, 6.07) is 2.31. The van der Waals surface area contributed by atoms with Gasteiger partial charge in [-0.25, -0.2) is 5.84 Å². The van der Waals surface area contributed by atoms with Gasteiger partial charge in [-0.15, -0.1) is 0 Å². The second kappa shape index (κ2) is 4.76. The summed E-state index contributed by atoms with van der Waals surface area (Å²) >= 11 is 0. The van der Waals surface area contributed by atoms with Crippen molar-refractivity contribution in [2.75, 3.05) is 0 Å². The smallest absolute Gasteiger partial charge is 0.435 e. The molecule has 0 aliphatic rings. The van der Waals surface area contributed by atoms with E-state index in [0.717, 1.165) is 10.7 Å². The van der Waals surface area contributed by atoms with Gasteiger partial charge in [0.05, 0.1) is 12.8 Å². The molecule has 0 spiro atoms. The molecule has 0 atom stereocenters. The van der Waals surface area contributed by atoms with Crippen molar-refractivity contribution < 1.29 is 22.4 Å². The normalized spacial score (nSPS) is 11.6. The molecule has 9 heteroatoms. The van der Waals surface area contributed by atoms with Crippen LogP contribution in [-0.2, 0) is 12.7 Å². The molecular formula is C10H9F3N4O2. The maximum atomic E-state index is 12.4. The highest BCUT2D eigenvalue weighted by atomic mass is 19.4. The average molecular weight is 274 g/mol. The maximum absolute atomic E-state index is 12.4. The number of rotatable bonds is 3. The third-order valence-electron chi connectivity index (χ3n) is 2.35. The first-order chi connectivity index (χ1) is 8.91. The summed E-state index contributed by atoms with van der Waals surface area (Å²) in [6.45, 7) is -0.0324. The zero-order chi connectivity index (χ0) is 14.0. The van der Waals surface area contributed by atoms with E-state index in [1.807, 2.05) is 5.43 Å². The van der Waals surface area contributed by atoms with Gasteiger partial charge in [-0.05, 0) is 12.1 Å². The molecule has 6 nitrogen and oxygen atoms in total. The first kappa shape index (κ1) is 13.1. The number of aromatic nitrogens is 2. The molecule has 0 saturated heterocycles. The van der Waals surface area contributed by atoms with Crippen LogP contribution in [0.5, 0.6) is 0 Å². The van der Waals surface area contributed by atoms with Crippen LogP contribution in [0, 0.1) is 0 Å². The Kier molecular flexibility index (Phi) is 3.30. The Morgan fingerprint density at radius 1 is 1.47 bits per heavy atom. The minimum absolute atomic E-state index is 0.0324. The van der Waals surface area contributed by atoms with Gasteiger partial charge in [0.25, 0.3) is 0 Å². The molecular weight excluding hydrogens is 265 g/mol. The number of nitrogen functional groups attached to an aromatic ring is 1. The second-order valence-corrected chi connectivity index (χ2v) is 3.64. The van der Waals surface area contributed by atoms with Crippen molar-refractivity contribution >= 4 is 5.91 Å². The van der Waals surface area contributed by atoms with Crippen LogP contribution < -0.4 is 11.3 Å². The summed E-state index contributed by atoms with van der Waals surface area (Å²) in [5.41, 5.74) is 1.26. The number of carbonyl (C=O) groups is 1. The molecule has 0 unspecified atom stereocenters. The number of furan rings is 1. The monoisotopic (exact) mass is 274 g/mol. The quantitative estimate of drug-likeness (QED) is 0.499. The number of hydrogen-bond donors (Lipinski definition) is 2. The Morgan fingerprint density at radius 2 is 2.21 bits per heavy atom. The molecule has 0 fully saturated rings. The molecule has 0 bridgehead atoms. The van der Waals surface area contributed by atoms with Gasteiger partial charge in [0.15, 0.2) is 11.5 Å². The van der Waals surface area contributed by atoms with E-state index in [0.29, 0.717) is 5.56 Å². The minimum atomic E-state index is -4.50. The summed E-state index contributed by atoms with van der Waals surface area (Å²) < 4.78 is 43.1. The van der Waals surface area contributed by atoms with Crippen LogP contribution >= 0.6 is 0 Å². The fraction of sp³-hybridized carbons (Fsp3) is 0.200. The largest absolute Gasteiger partial charge is 0.459 e. The number of hydrazine groups is 1. The van der Waals surface area contributed by atoms with E-state index in [9.17, 15) is 18.0 Å². The molecule has 2 heterocycles. The van der Waals surface area contributed by atoms with Gasteiger partial charge < -0.3 is 4.42 Å². The van der Waals surface area contributed by atoms with Crippen LogP contribution in [0.3, 0.4) is 0 Å². The van der Waals surface area contributed by atoms with Gasteiger partial charge in [0.2, 0.25) is 0 Å². The first-order valence-corrected chi connectivity index (χ1v) is 5.10. The number of nitrogens with two attached hydrogens (primary N) is 1. The number of amides is 1. The molecule has 2 rings (SSSR count). The van der Waals surface area contributed by atoms with Crippen LogP contribution in [0.25, 0.3) is 0 Å². The van der Waals surface area contributed by atoms with Crippen molar-refractivity contribution in [3.05, 3.63) is 41.6 Å². The first-order valence-electron chi connectivity index (χ1n) is 5.10. The average Bonchev–Trinajstić information content (AvgIpc) is 2.97. The lowest BCUT2D eigenvalue weighted by molar-refractivity contribution is -0.141. The van der Waals surface area contributed by atoms with Crippen molar-refractivity contribution in [1.29, 1.82) is 0 Å². The fourth-order valence-electron chi connectivity index (χ4n) is 1.50. The van der Waals surface area contributed by atoms with E-state index < -0.39 is 17.8 Å². The van der Waals surface area contributed by atoms with Gasteiger partial charge in [-0.1, -0.05) is 0 Å². The zero-order valence-electron chi connectivity index (χ0n) is 9.44. The van der Waals surface area contributed by atoms with Crippen molar-refractivity contribution in [2.45, 2.75) is 12.7 Å². The molecule has 0 aromatic carbocycles. The van der Waals surface area contributed by atoms with E-state index in [4.69, 9.17) is 10.3 Å². The third kappa shape index (κ3) is 2.76. The molecule has 0 aliphatic carbocycles. The third-order valence-corrected chi connectivity index (χ3v) is 2.35. The number of nitrogens with one attached hydrogen (secondary N) is 1. The number of alkyl halides is 3. The maximum Gasteiger partial charge on any atom is 0.435 e. The summed E-state index contributed by atoms with van der Waals surface area (Å²) in [7, 11) is 0. The Balaban J connectivity index is 2.20. The molecule has 19 heavy (non-hydrogen) atoms. The zero-order valence-corrected chi connectivity index (χ0v) is 9.44. The Labute approximate surface area is 105 Å². The van der Waals surface area contributed by atoms with Crippen molar-refractivity contribution in [2.24, 2.45) is 5.84 Å². The molecule has 0 aliphatic heterocycles. The lowest BCUT2D eigenvalue weighted by Gasteiger charge is -2.03. The summed E-state index contributed by atoms with van der Waals surface area (Å²) in [4.78, 5) is 11.3. The van der Waals surface area contributed by atoms with Crippen molar-refractivity contribution in [3.63, 3.8) is 0 Å². The SMILES string of the molecule is NNC(=O)c1occc1Cn1ccc(C(F)(F)F)n1. The van der Waals surface area contributed by atoms with Crippen LogP contribution in [0.1, 0.15) is 21.8 Å². The lowest BCUT2D eigenvalue weighted by atomic mass is 10.2.